The number of hydrogen-bond acceptors (Lipinski definition) is 3. The number of ketones is 2. The van der Waals surface area contributed by atoms with Crippen LogP contribution in [0.25, 0.3) is 0 Å². The van der Waals surface area contributed by atoms with E-state index in [1.54, 1.807) is 36.4 Å². The molecule has 0 heterocycles. The second-order valence-electron chi connectivity index (χ2n) is 5.42. The summed E-state index contributed by atoms with van der Waals surface area (Å²) in [5, 5.41) is 0.342. The second-order valence-corrected chi connectivity index (χ2v) is 6.91. The fourth-order valence-electron chi connectivity index (χ4n) is 2.82. The van der Waals surface area contributed by atoms with Crippen LogP contribution in [0.15, 0.2) is 76.5 Å². The molecule has 0 saturated carbocycles. The molecule has 1 aliphatic rings. The normalized spacial score (nSPS) is 12.7. The Hall–Kier alpha value is -2.36. The molecule has 0 saturated heterocycles. The first kappa shape index (κ1) is 15.2. The SMILES string of the molecule is O=C1c2ccccc2C(=O)c2c1ccc(Sc1ccccc1)c2Cl. The first-order valence-electron chi connectivity index (χ1n) is 7.40. The van der Waals surface area contributed by atoms with E-state index < -0.39 is 0 Å². The van der Waals surface area contributed by atoms with E-state index in [9.17, 15) is 9.59 Å². The van der Waals surface area contributed by atoms with Crippen molar-refractivity contribution in [2.75, 3.05) is 0 Å². The largest absolute Gasteiger partial charge is 0.289 e. The minimum Gasteiger partial charge on any atom is -0.289 e. The fraction of sp³-hybridized carbons (Fsp3) is 0. The van der Waals surface area contributed by atoms with Gasteiger partial charge in [0.25, 0.3) is 0 Å². The van der Waals surface area contributed by atoms with Crippen LogP contribution in [-0.4, -0.2) is 11.6 Å². The zero-order valence-corrected chi connectivity index (χ0v) is 14.0. The molecule has 0 N–H and O–H groups in total. The summed E-state index contributed by atoms with van der Waals surface area (Å²) >= 11 is 7.99. The number of benzene rings is 3. The first-order chi connectivity index (χ1) is 11.7. The lowest BCUT2D eigenvalue weighted by molar-refractivity contribution is 0.0979. The van der Waals surface area contributed by atoms with Gasteiger partial charge in [-0.25, -0.2) is 0 Å². The Labute approximate surface area is 148 Å². The smallest absolute Gasteiger partial charge is 0.196 e. The van der Waals surface area contributed by atoms with Gasteiger partial charge in [0, 0.05) is 26.5 Å². The predicted octanol–water partition coefficient (Wildman–Crippen LogP) is 5.27. The van der Waals surface area contributed by atoms with Gasteiger partial charge in [0.1, 0.15) is 0 Å². The maximum atomic E-state index is 12.8. The van der Waals surface area contributed by atoms with Crippen LogP contribution < -0.4 is 0 Å². The molecule has 0 spiro atoms. The monoisotopic (exact) mass is 350 g/mol. The molecule has 4 heteroatoms. The summed E-state index contributed by atoms with van der Waals surface area (Å²) in [6.07, 6.45) is 0. The van der Waals surface area contributed by atoms with Crippen molar-refractivity contribution < 1.29 is 9.59 Å². The molecule has 0 atom stereocenters. The number of halogens is 1. The Bertz CT molecular complexity index is 980. The molecule has 3 aromatic rings. The van der Waals surface area contributed by atoms with Crippen molar-refractivity contribution in [2.45, 2.75) is 9.79 Å². The molecule has 0 radical (unpaired) electrons. The van der Waals surface area contributed by atoms with E-state index in [2.05, 4.69) is 0 Å². The molecular formula is C20H11ClO2S. The average molecular weight is 351 g/mol. The molecule has 24 heavy (non-hydrogen) atoms. The Balaban J connectivity index is 1.84. The summed E-state index contributed by atoms with van der Waals surface area (Å²) in [5.74, 6) is -0.348. The van der Waals surface area contributed by atoms with Gasteiger partial charge in [-0.1, -0.05) is 65.8 Å². The molecule has 0 fully saturated rings. The quantitative estimate of drug-likeness (QED) is 0.494. The molecule has 2 nitrogen and oxygen atoms in total. The number of rotatable bonds is 2. The van der Waals surface area contributed by atoms with Gasteiger partial charge >= 0.3 is 0 Å². The highest BCUT2D eigenvalue weighted by Crippen LogP contribution is 2.40. The molecule has 116 valence electrons. The summed E-state index contributed by atoms with van der Waals surface area (Å²) in [4.78, 5) is 27.3. The molecule has 0 amide bonds. The molecule has 4 rings (SSSR count). The van der Waals surface area contributed by atoms with Crippen LogP contribution in [0.1, 0.15) is 31.8 Å². The van der Waals surface area contributed by atoms with Crippen molar-refractivity contribution in [1.82, 2.24) is 0 Å². The van der Waals surface area contributed by atoms with Crippen molar-refractivity contribution >= 4 is 34.9 Å². The number of carbonyl (C=O) groups excluding carboxylic acids is 2. The zero-order chi connectivity index (χ0) is 16.7. The van der Waals surface area contributed by atoms with Gasteiger partial charge in [-0.15, -0.1) is 0 Å². The van der Waals surface area contributed by atoms with E-state index >= 15 is 0 Å². The van der Waals surface area contributed by atoms with Gasteiger partial charge in [-0.05, 0) is 24.3 Å². The highest BCUT2D eigenvalue weighted by Gasteiger charge is 2.32. The van der Waals surface area contributed by atoms with Crippen LogP contribution in [0.2, 0.25) is 5.02 Å². The van der Waals surface area contributed by atoms with E-state index in [-0.39, 0.29) is 11.6 Å². The third kappa shape index (κ3) is 2.37. The van der Waals surface area contributed by atoms with Gasteiger partial charge in [0.15, 0.2) is 11.6 Å². The van der Waals surface area contributed by atoms with Crippen molar-refractivity contribution in [2.24, 2.45) is 0 Å². The van der Waals surface area contributed by atoms with Gasteiger partial charge in [0.2, 0.25) is 0 Å². The molecule has 3 aromatic carbocycles. The lowest BCUT2D eigenvalue weighted by Crippen LogP contribution is -2.21. The van der Waals surface area contributed by atoms with Gasteiger partial charge in [-0.2, -0.15) is 0 Å². The fourth-order valence-corrected chi connectivity index (χ4v) is 4.06. The highest BCUT2D eigenvalue weighted by atomic mass is 35.5. The van der Waals surface area contributed by atoms with Crippen LogP contribution in [0.3, 0.4) is 0 Å². The van der Waals surface area contributed by atoms with Crippen LogP contribution in [0.4, 0.5) is 0 Å². The molecule has 0 unspecified atom stereocenters. The van der Waals surface area contributed by atoms with E-state index in [0.29, 0.717) is 27.3 Å². The van der Waals surface area contributed by atoms with Crippen LogP contribution in [-0.2, 0) is 0 Å². The first-order valence-corrected chi connectivity index (χ1v) is 8.60. The minimum absolute atomic E-state index is 0.154. The molecule has 1 aliphatic carbocycles. The third-order valence-corrected chi connectivity index (χ3v) is 5.54. The lowest BCUT2D eigenvalue weighted by Gasteiger charge is -2.19. The molecule has 0 bridgehead atoms. The Morgan fingerprint density at radius 2 is 1.29 bits per heavy atom. The minimum atomic E-state index is -0.194. The van der Waals surface area contributed by atoms with Crippen molar-refractivity contribution in [3.8, 4) is 0 Å². The zero-order valence-electron chi connectivity index (χ0n) is 12.5. The van der Waals surface area contributed by atoms with E-state index in [1.165, 1.54) is 11.8 Å². The maximum absolute atomic E-state index is 12.8. The molecule has 0 aromatic heterocycles. The van der Waals surface area contributed by atoms with Crippen molar-refractivity contribution in [1.29, 1.82) is 0 Å². The van der Waals surface area contributed by atoms with Gasteiger partial charge in [0.05, 0.1) is 10.6 Å². The number of hydrogen-bond donors (Lipinski definition) is 0. The van der Waals surface area contributed by atoms with Gasteiger partial charge < -0.3 is 0 Å². The summed E-state index contributed by atoms with van der Waals surface area (Å²) in [5.41, 5.74) is 1.54. The lowest BCUT2D eigenvalue weighted by atomic mass is 9.84. The van der Waals surface area contributed by atoms with Crippen LogP contribution in [0.5, 0.6) is 0 Å². The maximum Gasteiger partial charge on any atom is 0.196 e. The predicted molar refractivity (Wildman–Crippen MR) is 95.3 cm³/mol. The van der Waals surface area contributed by atoms with Gasteiger partial charge in [-0.3, -0.25) is 9.59 Å². The van der Waals surface area contributed by atoms with E-state index in [1.807, 2.05) is 30.3 Å². The van der Waals surface area contributed by atoms with E-state index in [0.717, 1.165) is 9.79 Å². The average Bonchev–Trinajstić information content (AvgIpc) is 2.62. The molecular weight excluding hydrogens is 340 g/mol. The summed E-state index contributed by atoms with van der Waals surface area (Å²) in [6, 6.07) is 20.1. The number of fused-ring (bicyclic) bond motifs is 2. The summed E-state index contributed by atoms with van der Waals surface area (Å²) < 4.78 is 0. The molecule has 0 aliphatic heterocycles. The third-order valence-electron chi connectivity index (χ3n) is 3.97. The van der Waals surface area contributed by atoms with E-state index in [4.69, 9.17) is 11.6 Å². The summed E-state index contributed by atoms with van der Waals surface area (Å²) in [6.45, 7) is 0. The Kier molecular flexibility index (Phi) is 3.75. The van der Waals surface area contributed by atoms with Crippen molar-refractivity contribution in [3.63, 3.8) is 0 Å². The Morgan fingerprint density at radius 1 is 0.667 bits per heavy atom. The topological polar surface area (TPSA) is 34.1 Å². The second kappa shape index (κ2) is 5.93. The number of carbonyl (C=O) groups is 2. The standard InChI is InChI=1S/C20H11ClO2S/c21-18-16(24-12-6-2-1-3-7-12)11-10-15-17(18)20(23)14-9-5-4-8-13(14)19(15)22/h1-11H. The summed E-state index contributed by atoms with van der Waals surface area (Å²) in [7, 11) is 0. The van der Waals surface area contributed by atoms with Crippen LogP contribution >= 0.6 is 23.4 Å². The van der Waals surface area contributed by atoms with Crippen molar-refractivity contribution in [3.05, 3.63) is 94.0 Å². The highest BCUT2D eigenvalue weighted by molar-refractivity contribution is 7.99. The van der Waals surface area contributed by atoms with Crippen LogP contribution in [0, 0.1) is 0 Å². The Morgan fingerprint density at radius 3 is 2.00 bits per heavy atom.